The van der Waals surface area contributed by atoms with Gasteiger partial charge in [0.05, 0.1) is 22.3 Å². The predicted octanol–water partition coefficient (Wildman–Crippen LogP) is 7.44. The van der Waals surface area contributed by atoms with Crippen molar-refractivity contribution in [2.24, 2.45) is 0 Å². The standard InChI is InChI=1S/C36H35F4N3O7S3/c1-5-42(6-2)21-13-15-23-26(19-21)50-27-20-22(43(7-3)8-4)14-16-24(27)30(23)25-11-9-10-12-28(25)52(46,47)41-53(48,49)36-33(39)31(37)35(32(38)34(36)40)51-18-17-29(44)45/h9-16,19-20H,5-8,17-18H2,1-4H3,(H,44,45). The number of benzene rings is 4. The van der Waals surface area contributed by atoms with Crippen LogP contribution >= 0.6 is 11.8 Å². The fraction of sp³-hybridized carbons (Fsp3) is 0.278. The molecule has 1 heterocycles. The molecule has 2 aliphatic rings. The minimum Gasteiger partial charge on any atom is -0.481 e. The van der Waals surface area contributed by atoms with Crippen molar-refractivity contribution in [2.45, 2.75) is 48.8 Å². The van der Waals surface area contributed by atoms with Crippen molar-refractivity contribution in [3.05, 3.63) is 93.4 Å². The van der Waals surface area contributed by atoms with Crippen molar-refractivity contribution >= 4 is 54.4 Å². The summed E-state index contributed by atoms with van der Waals surface area (Å²) < 4.78 is 126. The van der Waals surface area contributed by atoms with Crippen molar-refractivity contribution in [1.29, 1.82) is 0 Å². The largest absolute Gasteiger partial charge is 0.481 e. The summed E-state index contributed by atoms with van der Waals surface area (Å²) in [5.41, 5.74) is 1.94. The van der Waals surface area contributed by atoms with E-state index in [2.05, 4.69) is 13.6 Å². The third-order valence-corrected chi connectivity index (χ3v) is 13.0. The quantitative estimate of drug-likeness (QED) is 0.0400. The number of carboxylic acid groups (broad SMARTS) is 1. The lowest BCUT2D eigenvalue weighted by molar-refractivity contribution is -0.136. The number of hydrogen-bond donors (Lipinski definition) is 1. The summed E-state index contributed by atoms with van der Waals surface area (Å²) in [6.45, 7) is 10.7. The van der Waals surface area contributed by atoms with Crippen LogP contribution in [-0.4, -0.2) is 59.8 Å². The van der Waals surface area contributed by atoms with Crippen LogP contribution in [0.25, 0.3) is 37.5 Å². The van der Waals surface area contributed by atoms with Crippen molar-refractivity contribution in [3.8, 4) is 22.5 Å². The number of hydrogen-bond acceptors (Lipinski definition) is 8. The maximum Gasteiger partial charge on any atom is 0.304 e. The summed E-state index contributed by atoms with van der Waals surface area (Å²) in [5.74, 6) is -10.6. The van der Waals surface area contributed by atoms with Crippen LogP contribution in [0.15, 0.2) is 79.8 Å². The second-order valence-electron chi connectivity index (χ2n) is 11.6. The molecule has 0 saturated heterocycles. The number of aliphatic carboxylic acids is 1. The molecule has 17 heteroatoms. The van der Waals surface area contributed by atoms with Crippen molar-refractivity contribution in [1.82, 2.24) is 4.58 Å². The van der Waals surface area contributed by atoms with E-state index in [4.69, 9.17) is 9.52 Å². The Hall–Kier alpha value is -4.45. The fourth-order valence-corrected chi connectivity index (χ4v) is 9.92. The number of thioether (sulfide) groups is 1. The molecule has 3 aromatic carbocycles. The van der Waals surface area contributed by atoms with Gasteiger partial charge in [0, 0.05) is 58.7 Å². The Morgan fingerprint density at radius 2 is 1.47 bits per heavy atom. The smallest absolute Gasteiger partial charge is 0.304 e. The average molecular weight is 794 g/mol. The molecule has 5 rings (SSSR count). The average Bonchev–Trinajstić information content (AvgIpc) is 3.11. The van der Waals surface area contributed by atoms with Gasteiger partial charge >= 0.3 is 5.97 Å². The molecule has 0 amide bonds. The Labute approximate surface area is 308 Å². The number of sulfonamides is 2. The van der Waals surface area contributed by atoms with Gasteiger partial charge in [-0.05, 0) is 52.0 Å². The summed E-state index contributed by atoms with van der Waals surface area (Å²) in [5, 5.41) is 10.1. The Bertz CT molecular complexity index is 2450. The molecule has 10 nitrogen and oxygen atoms in total. The topological polar surface area (TPSA) is 139 Å². The maximum atomic E-state index is 15.2. The monoisotopic (exact) mass is 793 g/mol. The molecule has 0 radical (unpaired) electrons. The Morgan fingerprint density at radius 1 is 0.830 bits per heavy atom. The molecule has 53 heavy (non-hydrogen) atoms. The number of carboxylic acids is 1. The van der Waals surface area contributed by atoms with Crippen LogP contribution in [-0.2, 0) is 24.8 Å². The van der Waals surface area contributed by atoms with Crippen LogP contribution in [0.1, 0.15) is 34.1 Å². The van der Waals surface area contributed by atoms with Gasteiger partial charge in [0.2, 0.25) is 5.36 Å². The highest BCUT2D eigenvalue weighted by Crippen LogP contribution is 2.44. The van der Waals surface area contributed by atoms with Crippen LogP contribution in [0.5, 0.6) is 0 Å². The third kappa shape index (κ3) is 7.79. The maximum absolute atomic E-state index is 15.2. The molecule has 282 valence electrons. The summed E-state index contributed by atoms with van der Waals surface area (Å²) >= 11 is 0.103. The van der Waals surface area contributed by atoms with Gasteiger partial charge in [0.25, 0.3) is 0 Å². The van der Waals surface area contributed by atoms with Gasteiger partial charge in [-0.3, -0.25) is 4.79 Å². The molecule has 3 aromatic rings. The second kappa shape index (κ2) is 15.9. The van der Waals surface area contributed by atoms with Gasteiger partial charge in [-0.15, -0.1) is 11.8 Å². The summed E-state index contributed by atoms with van der Waals surface area (Å²) in [7, 11) is -11.4. The van der Waals surface area contributed by atoms with Crippen LogP contribution in [0, 0.1) is 23.3 Å². The molecule has 1 aliphatic heterocycles. The van der Waals surface area contributed by atoms with Crippen LogP contribution in [0.4, 0.5) is 23.2 Å². The first-order valence-electron chi connectivity index (χ1n) is 16.5. The molecule has 0 fully saturated rings. The molecule has 0 bridgehead atoms. The van der Waals surface area contributed by atoms with Gasteiger partial charge < -0.3 is 18.6 Å². The van der Waals surface area contributed by atoms with Gasteiger partial charge in [-0.2, -0.15) is 0 Å². The van der Waals surface area contributed by atoms with Crippen molar-refractivity contribution < 1.29 is 48.7 Å². The lowest BCUT2D eigenvalue weighted by Crippen LogP contribution is -2.29. The van der Waals surface area contributed by atoms with Crippen LogP contribution < -0.4 is 14.8 Å². The van der Waals surface area contributed by atoms with E-state index < -0.39 is 76.1 Å². The summed E-state index contributed by atoms with van der Waals surface area (Å²) in [6.07, 6.45) is -0.631. The summed E-state index contributed by atoms with van der Waals surface area (Å²) in [6, 6.07) is 16.0. The highest BCUT2D eigenvalue weighted by atomic mass is 32.3. The van der Waals surface area contributed by atoms with E-state index in [1.807, 2.05) is 39.8 Å². The first-order chi connectivity index (χ1) is 25.1. The van der Waals surface area contributed by atoms with E-state index in [0.29, 0.717) is 54.0 Å². The zero-order valence-corrected chi connectivity index (χ0v) is 31.4. The highest BCUT2D eigenvalue weighted by molar-refractivity contribution is 8.12. The Kier molecular flexibility index (Phi) is 11.9. The number of rotatable bonds is 14. The molecule has 1 aliphatic carbocycles. The predicted molar refractivity (Wildman–Crippen MR) is 195 cm³/mol. The van der Waals surface area contributed by atoms with Crippen LogP contribution in [0.3, 0.4) is 0 Å². The number of halogens is 4. The van der Waals surface area contributed by atoms with E-state index in [1.165, 1.54) is 18.2 Å². The van der Waals surface area contributed by atoms with Gasteiger partial charge in [-0.1, -0.05) is 18.2 Å². The third-order valence-electron chi connectivity index (χ3n) is 8.58. The molecule has 1 N–H and O–H groups in total. The van der Waals surface area contributed by atoms with E-state index in [9.17, 15) is 30.4 Å². The van der Waals surface area contributed by atoms with Crippen LogP contribution in [0.2, 0.25) is 0 Å². The number of fused-ring (bicyclic) bond motifs is 2. The lowest BCUT2D eigenvalue weighted by Gasteiger charge is -2.25. The minimum atomic E-state index is -5.98. The second-order valence-corrected chi connectivity index (χ2v) is 16.1. The van der Waals surface area contributed by atoms with E-state index in [-0.39, 0.29) is 17.3 Å². The SMILES string of the molecule is CCN(CC)c1ccc2c(-c3ccccc3S(=O)(=O)[N-]S(=O)(=O)c3c(F)c(F)c(SCCC(=O)O)c(F)c3F)c3ccc(=[N+](CC)CC)cc-3oc2c1. The first-order valence-corrected chi connectivity index (χ1v) is 20.3. The van der Waals surface area contributed by atoms with Crippen molar-refractivity contribution in [3.63, 3.8) is 0 Å². The van der Waals surface area contributed by atoms with Gasteiger partial charge in [-0.25, -0.2) is 39.0 Å². The molecule has 0 atom stereocenters. The fourth-order valence-electron chi connectivity index (χ4n) is 6.02. The van der Waals surface area contributed by atoms with E-state index in [0.717, 1.165) is 17.1 Å². The number of anilines is 1. The zero-order chi connectivity index (χ0) is 38.8. The molecular formula is C36H35F4N3O7S3. The molecule has 0 spiro atoms. The van der Waals surface area contributed by atoms with E-state index in [1.54, 1.807) is 24.3 Å². The highest BCUT2D eigenvalue weighted by Gasteiger charge is 2.32. The number of carbonyl (C=O) groups is 1. The van der Waals surface area contributed by atoms with Crippen molar-refractivity contribution in [2.75, 3.05) is 36.8 Å². The lowest BCUT2D eigenvalue weighted by atomic mass is 9.93. The van der Waals surface area contributed by atoms with E-state index >= 15 is 8.78 Å². The minimum absolute atomic E-state index is 0.0353. The summed E-state index contributed by atoms with van der Waals surface area (Å²) in [4.78, 5) is 8.63. The Balaban J connectivity index is 1.71. The molecule has 0 aromatic heterocycles. The first kappa shape index (κ1) is 39.8. The normalized spacial score (nSPS) is 12.1. The zero-order valence-electron chi connectivity index (χ0n) is 29.0. The molecular weight excluding hydrogens is 759 g/mol. The van der Waals surface area contributed by atoms with Gasteiger partial charge in [0.15, 0.2) is 23.3 Å². The Morgan fingerprint density at radius 3 is 2.08 bits per heavy atom. The number of nitrogens with zero attached hydrogens (tertiary/aromatic N) is 3. The van der Waals surface area contributed by atoms with Gasteiger partial charge in [0.1, 0.15) is 49.4 Å². The molecule has 0 unspecified atom stereocenters. The molecule has 0 saturated carbocycles.